The molecule has 158 valence electrons. The third-order valence-corrected chi connectivity index (χ3v) is 6.68. The summed E-state index contributed by atoms with van der Waals surface area (Å²) in [5, 5.41) is 7.06. The normalized spacial score (nSPS) is 13.1. The van der Waals surface area contributed by atoms with Crippen molar-refractivity contribution in [2.75, 3.05) is 5.32 Å². The van der Waals surface area contributed by atoms with Gasteiger partial charge in [-0.25, -0.2) is 0 Å². The zero-order valence-electron chi connectivity index (χ0n) is 16.9. The Labute approximate surface area is 190 Å². The van der Waals surface area contributed by atoms with Crippen LogP contribution in [0.25, 0.3) is 6.08 Å². The molecule has 2 amide bonds. The monoisotopic (exact) mass is 451 g/mol. The minimum absolute atomic E-state index is 0.173. The van der Waals surface area contributed by atoms with Crippen LogP contribution in [-0.4, -0.2) is 16.8 Å². The average Bonchev–Trinajstić information content (AvgIpc) is 3.15. The van der Waals surface area contributed by atoms with Crippen LogP contribution in [0.4, 0.5) is 5.00 Å². The van der Waals surface area contributed by atoms with Crippen LogP contribution in [-0.2, 0) is 24.2 Å². The van der Waals surface area contributed by atoms with E-state index in [9.17, 15) is 9.59 Å². The van der Waals surface area contributed by atoms with Gasteiger partial charge in [0.1, 0.15) is 5.00 Å². The number of pyridine rings is 1. The Hall–Kier alpha value is -2.96. The van der Waals surface area contributed by atoms with Crippen LogP contribution in [0.1, 0.15) is 44.8 Å². The molecule has 5 nitrogen and oxygen atoms in total. The van der Waals surface area contributed by atoms with Crippen molar-refractivity contribution < 1.29 is 9.59 Å². The van der Waals surface area contributed by atoms with Gasteiger partial charge in [-0.15, -0.1) is 11.3 Å². The minimum atomic E-state index is -0.292. The predicted octanol–water partition coefficient (Wildman–Crippen LogP) is 5.26. The molecule has 3 aromatic rings. The molecule has 0 radical (unpaired) electrons. The predicted molar refractivity (Wildman–Crippen MR) is 125 cm³/mol. The van der Waals surface area contributed by atoms with E-state index < -0.39 is 0 Å². The Morgan fingerprint density at radius 1 is 1.13 bits per heavy atom. The molecule has 1 aromatic carbocycles. The molecule has 4 rings (SSSR count). The van der Waals surface area contributed by atoms with E-state index in [1.54, 1.807) is 24.5 Å². The number of hydrogen-bond donors (Lipinski definition) is 2. The number of carbonyl (C=O) groups is 2. The number of aryl methyl sites for hydroxylation is 1. The quantitative estimate of drug-likeness (QED) is 0.502. The molecule has 0 spiro atoms. The van der Waals surface area contributed by atoms with Gasteiger partial charge in [0.25, 0.3) is 5.91 Å². The van der Waals surface area contributed by atoms with Crippen molar-refractivity contribution in [3.8, 4) is 0 Å². The molecule has 0 saturated carbocycles. The molecule has 1 aliphatic rings. The van der Waals surface area contributed by atoms with Crippen LogP contribution >= 0.6 is 22.9 Å². The molecule has 2 aromatic heterocycles. The van der Waals surface area contributed by atoms with Gasteiger partial charge in [-0.3, -0.25) is 14.6 Å². The van der Waals surface area contributed by atoms with E-state index in [4.69, 9.17) is 11.6 Å². The van der Waals surface area contributed by atoms with Crippen LogP contribution in [0.2, 0.25) is 5.02 Å². The van der Waals surface area contributed by atoms with Crippen molar-refractivity contribution >= 4 is 45.8 Å². The number of rotatable bonds is 6. The third kappa shape index (κ3) is 5.21. The van der Waals surface area contributed by atoms with Crippen LogP contribution in [0.15, 0.2) is 54.9 Å². The van der Waals surface area contributed by atoms with E-state index in [1.807, 2.05) is 30.3 Å². The number of thiophene rings is 1. The number of nitrogens with zero attached hydrogens (tertiary/aromatic N) is 1. The lowest BCUT2D eigenvalue weighted by Crippen LogP contribution is -2.25. The van der Waals surface area contributed by atoms with Crippen LogP contribution < -0.4 is 10.6 Å². The van der Waals surface area contributed by atoms with E-state index in [1.165, 1.54) is 22.3 Å². The summed E-state index contributed by atoms with van der Waals surface area (Å²) in [6, 6.07) is 11.1. The average molecular weight is 452 g/mol. The second-order valence-electron chi connectivity index (χ2n) is 7.30. The molecule has 0 bridgehead atoms. The molecule has 7 heteroatoms. The third-order valence-electron chi connectivity index (χ3n) is 5.13. The van der Waals surface area contributed by atoms with E-state index in [0.29, 0.717) is 22.1 Å². The molecule has 31 heavy (non-hydrogen) atoms. The van der Waals surface area contributed by atoms with Crippen molar-refractivity contribution in [3.05, 3.63) is 87.0 Å². The number of aromatic nitrogens is 1. The van der Waals surface area contributed by atoms with Crippen molar-refractivity contribution in [2.45, 2.75) is 32.2 Å². The van der Waals surface area contributed by atoms with Gasteiger partial charge in [-0.2, -0.15) is 0 Å². The summed E-state index contributed by atoms with van der Waals surface area (Å²) in [5.74, 6) is -0.464. The molecule has 0 unspecified atom stereocenters. The van der Waals surface area contributed by atoms with Crippen molar-refractivity contribution in [2.24, 2.45) is 0 Å². The molecule has 0 saturated heterocycles. The van der Waals surface area contributed by atoms with Crippen LogP contribution in [0, 0.1) is 0 Å². The van der Waals surface area contributed by atoms with Gasteiger partial charge in [-0.1, -0.05) is 35.9 Å². The summed E-state index contributed by atoms with van der Waals surface area (Å²) in [6.07, 6.45) is 10.5. The number of hydrogen-bond acceptors (Lipinski definition) is 4. The summed E-state index contributed by atoms with van der Waals surface area (Å²) in [6.45, 7) is 0.386. The molecule has 0 aliphatic heterocycles. The van der Waals surface area contributed by atoms with Crippen molar-refractivity contribution in [3.63, 3.8) is 0 Å². The second kappa shape index (κ2) is 9.90. The summed E-state index contributed by atoms with van der Waals surface area (Å²) >= 11 is 7.65. The summed E-state index contributed by atoms with van der Waals surface area (Å²) in [4.78, 5) is 30.9. The standard InChI is InChI=1S/C24H22ClN3O2S/c25-19-9-3-1-7-17(19)11-12-21(29)28-24-22(18-8-2-4-10-20(18)31-24)23(30)27-15-16-6-5-13-26-14-16/h1,3,5-7,9,11-14H,2,4,8,10,15H2,(H,27,30)(H,28,29)/b12-11+. The summed E-state index contributed by atoms with van der Waals surface area (Å²) in [5.41, 5.74) is 3.33. The first-order chi connectivity index (χ1) is 15.1. The molecule has 1 aliphatic carbocycles. The molecule has 2 N–H and O–H groups in total. The topological polar surface area (TPSA) is 71.1 Å². The molecular weight excluding hydrogens is 430 g/mol. The number of carbonyl (C=O) groups excluding carboxylic acids is 2. The van der Waals surface area contributed by atoms with Gasteiger partial charge in [0.2, 0.25) is 5.91 Å². The largest absolute Gasteiger partial charge is 0.348 e. The number of halogens is 1. The lowest BCUT2D eigenvalue weighted by molar-refractivity contribution is -0.111. The maximum absolute atomic E-state index is 13.1. The van der Waals surface area contributed by atoms with Gasteiger partial charge >= 0.3 is 0 Å². The van der Waals surface area contributed by atoms with Crippen LogP contribution in [0.5, 0.6) is 0 Å². The number of benzene rings is 1. The van der Waals surface area contributed by atoms with Gasteiger partial charge < -0.3 is 10.6 Å². The summed E-state index contributed by atoms with van der Waals surface area (Å²) < 4.78 is 0. The van der Waals surface area contributed by atoms with E-state index in [2.05, 4.69) is 15.6 Å². The first-order valence-corrected chi connectivity index (χ1v) is 11.4. The lowest BCUT2D eigenvalue weighted by Gasteiger charge is -2.13. The first-order valence-electron chi connectivity index (χ1n) is 10.2. The number of fused-ring (bicyclic) bond motifs is 1. The minimum Gasteiger partial charge on any atom is -0.348 e. The highest BCUT2D eigenvalue weighted by molar-refractivity contribution is 7.17. The SMILES string of the molecule is O=C(/C=C/c1ccccc1Cl)Nc1sc2c(c1C(=O)NCc1cccnc1)CCCC2. The van der Waals surface area contributed by atoms with Crippen molar-refractivity contribution in [1.82, 2.24) is 10.3 Å². The number of nitrogens with one attached hydrogen (secondary N) is 2. The Kier molecular flexibility index (Phi) is 6.79. The van der Waals surface area contributed by atoms with Crippen LogP contribution in [0.3, 0.4) is 0 Å². The second-order valence-corrected chi connectivity index (χ2v) is 8.82. The van der Waals surface area contributed by atoms with Gasteiger partial charge in [0.05, 0.1) is 5.56 Å². The Balaban J connectivity index is 1.53. The molecule has 0 fully saturated rings. The maximum Gasteiger partial charge on any atom is 0.254 e. The highest BCUT2D eigenvalue weighted by atomic mass is 35.5. The summed E-state index contributed by atoms with van der Waals surface area (Å²) in [7, 11) is 0. The number of anilines is 1. The van der Waals surface area contributed by atoms with Gasteiger partial charge in [0.15, 0.2) is 0 Å². The Bertz CT molecular complexity index is 1130. The van der Waals surface area contributed by atoms with E-state index in [0.717, 1.165) is 42.4 Å². The molecular formula is C24H22ClN3O2S. The zero-order chi connectivity index (χ0) is 21.6. The fourth-order valence-corrected chi connectivity index (χ4v) is 5.09. The fourth-order valence-electron chi connectivity index (χ4n) is 3.60. The number of amides is 2. The van der Waals surface area contributed by atoms with E-state index >= 15 is 0 Å². The van der Waals surface area contributed by atoms with E-state index in [-0.39, 0.29) is 11.8 Å². The van der Waals surface area contributed by atoms with Gasteiger partial charge in [0, 0.05) is 34.9 Å². The first kappa shape index (κ1) is 21.3. The highest BCUT2D eigenvalue weighted by Crippen LogP contribution is 2.38. The highest BCUT2D eigenvalue weighted by Gasteiger charge is 2.26. The maximum atomic E-state index is 13.1. The Morgan fingerprint density at radius 3 is 2.77 bits per heavy atom. The van der Waals surface area contributed by atoms with Crippen molar-refractivity contribution in [1.29, 1.82) is 0 Å². The zero-order valence-corrected chi connectivity index (χ0v) is 18.4. The molecule has 2 heterocycles. The van der Waals surface area contributed by atoms with Gasteiger partial charge in [-0.05, 0) is 60.6 Å². The lowest BCUT2D eigenvalue weighted by atomic mass is 9.95. The fraction of sp³-hybridized carbons (Fsp3) is 0.208. The Morgan fingerprint density at radius 2 is 1.97 bits per heavy atom. The smallest absolute Gasteiger partial charge is 0.254 e. The molecule has 0 atom stereocenters.